The van der Waals surface area contributed by atoms with Crippen LogP contribution in [0.3, 0.4) is 0 Å². The van der Waals surface area contributed by atoms with Crippen LogP contribution in [0.15, 0.2) is 24.4 Å². The summed E-state index contributed by atoms with van der Waals surface area (Å²) in [4.78, 5) is 0. The number of benzene rings is 1. The fourth-order valence-corrected chi connectivity index (χ4v) is 2.20. The maximum atomic E-state index is 9.72. The van der Waals surface area contributed by atoms with E-state index in [9.17, 15) is 5.11 Å². The van der Waals surface area contributed by atoms with Gasteiger partial charge in [-0.05, 0) is 38.0 Å². The molecule has 1 N–H and O–H groups in total. The van der Waals surface area contributed by atoms with Crippen LogP contribution in [0.5, 0.6) is 0 Å². The minimum Gasteiger partial charge on any atom is -0.389 e. The zero-order chi connectivity index (χ0) is 11.0. The van der Waals surface area contributed by atoms with Gasteiger partial charge in [-0.2, -0.15) is 0 Å². The molecule has 0 aliphatic rings. The number of rotatable bonds is 2. The fraction of sp³-hybridized carbons (Fsp3) is 0.385. The first-order chi connectivity index (χ1) is 7.15. The summed E-state index contributed by atoms with van der Waals surface area (Å²) in [5.74, 6) is 0. The van der Waals surface area contributed by atoms with Crippen LogP contribution in [0.2, 0.25) is 0 Å². The van der Waals surface area contributed by atoms with Gasteiger partial charge >= 0.3 is 0 Å². The van der Waals surface area contributed by atoms with Crippen molar-refractivity contribution in [1.29, 1.82) is 0 Å². The number of aryl methyl sites for hydroxylation is 2. The second-order valence-corrected chi connectivity index (χ2v) is 4.02. The highest BCUT2D eigenvalue weighted by Crippen LogP contribution is 2.28. The van der Waals surface area contributed by atoms with Crippen LogP contribution in [0.25, 0.3) is 10.9 Å². The smallest absolute Gasteiger partial charge is 0.0768 e. The molecule has 2 aromatic rings. The topological polar surface area (TPSA) is 25.2 Å². The normalized spacial score (nSPS) is 13.3. The van der Waals surface area contributed by atoms with E-state index in [1.807, 2.05) is 19.1 Å². The summed E-state index contributed by atoms with van der Waals surface area (Å²) in [6, 6.07) is 6.12. The Kier molecular flexibility index (Phi) is 2.53. The Hall–Kier alpha value is -1.28. The van der Waals surface area contributed by atoms with E-state index >= 15 is 0 Å². The van der Waals surface area contributed by atoms with Gasteiger partial charge in [0.1, 0.15) is 0 Å². The number of hydrogen-bond donors (Lipinski definition) is 1. The molecule has 0 fully saturated rings. The van der Waals surface area contributed by atoms with Crippen molar-refractivity contribution in [3.8, 4) is 0 Å². The second kappa shape index (κ2) is 3.70. The summed E-state index contributed by atoms with van der Waals surface area (Å²) in [5, 5.41) is 10.9. The third kappa shape index (κ3) is 1.55. The minimum atomic E-state index is -0.403. The molecule has 1 atom stereocenters. The molecule has 0 spiro atoms. The quantitative estimate of drug-likeness (QED) is 0.797. The third-order valence-electron chi connectivity index (χ3n) is 2.92. The highest BCUT2D eigenvalue weighted by molar-refractivity contribution is 5.87. The zero-order valence-corrected chi connectivity index (χ0v) is 9.49. The van der Waals surface area contributed by atoms with Crippen LogP contribution in [-0.4, -0.2) is 9.67 Å². The molecule has 1 unspecified atom stereocenters. The molecule has 1 aromatic heterocycles. The van der Waals surface area contributed by atoms with Gasteiger partial charge in [-0.1, -0.05) is 12.1 Å². The molecule has 0 aliphatic carbocycles. The second-order valence-electron chi connectivity index (χ2n) is 4.02. The number of hydrogen-bond acceptors (Lipinski definition) is 1. The van der Waals surface area contributed by atoms with Gasteiger partial charge in [-0.25, -0.2) is 0 Å². The van der Waals surface area contributed by atoms with E-state index in [0.29, 0.717) is 0 Å². The number of aromatic nitrogens is 1. The maximum absolute atomic E-state index is 9.72. The van der Waals surface area contributed by atoms with E-state index < -0.39 is 6.10 Å². The van der Waals surface area contributed by atoms with Crippen LogP contribution in [0.4, 0.5) is 0 Å². The average Bonchev–Trinajstić information content (AvgIpc) is 2.55. The van der Waals surface area contributed by atoms with E-state index in [4.69, 9.17) is 0 Å². The number of aliphatic hydroxyl groups excluding tert-OH is 1. The Balaban J connectivity index is 2.80. The number of aliphatic hydroxyl groups is 1. The lowest BCUT2D eigenvalue weighted by Crippen LogP contribution is -1.94. The van der Waals surface area contributed by atoms with Gasteiger partial charge in [0, 0.05) is 23.6 Å². The van der Waals surface area contributed by atoms with Crippen LogP contribution in [0, 0.1) is 6.92 Å². The number of fused-ring (bicyclic) bond motifs is 1. The molecule has 0 bridgehead atoms. The largest absolute Gasteiger partial charge is 0.389 e. The Bertz CT molecular complexity index is 482. The standard InChI is InChI=1S/C13H17NO/c1-4-14-8-9(2)13-11(10(3)15)6-5-7-12(13)14/h5-8,10,15H,4H2,1-3H3. The van der Waals surface area contributed by atoms with Crippen molar-refractivity contribution in [3.63, 3.8) is 0 Å². The molecule has 0 radical (unpaired) electrons. The lowest BCUT2D eigenvalue weighted by atomic mass is 10.0. The monoisotopic (exact) mass is 203 g/mol. The van der Waals surface area contributed by atoms with Crippen molar-refractivity contribution in [2.75, 3.05) is 0 Å². The predicted octanol–water partition coefficient (Wildman–Crippen LogP) is 3.02. The highest BCUT2D eigenvalue weighted by Gasteiger charge is 2.11. The van der Waals surface area contributed by atoms with Crippen molar-refractivity contribution in [2.45, 2.75) is 33.4 Å². The zero-order valence-electron chi connectivity index (χ0n) is 9.49. The fourth-order valence-electron chi connectivity index (χ4n) is 2.20. The molecule has 0 saturated heterocycles. The van der Waals surface area contributed by atoms with Crippen LogP contribution in [-0.2, 0) is 6.54 Å². The predicted molar refractivity (Wildman–Crippen MR) is 63.0 cm³/mol. The molecule has 2 rings (SSSR count). The van der Waals surface area contributed by atoms with E-state index in [-0.39, 0.29) is 0 Å². The molecule has 2 nitrogen and oxygen atoms in total. The summed E-state index contributed by atoms with van der Waals surface area (Å²) in [7, 11) is 0. The van der Waals surface area contributed by atoms with E-state index in [0.717, 1.165) is 12.1 Å². The Morgan fingerprint density at radius 3 is 2.73 bits per heavy atom. The summed E-state index contributed by atoms with van der Waals surface area (Å²) in [5.41, 5.74) is 3.48. The summed E-state index contributed by atoms with van der Waals surface area (Å²) >= 11 is 0. The average molecular weight is 203 g/mol. The molecule has 80 valence electrons. The molecular weight excluding hydrogens is 186 g/mol. The molecule has 15 heavy (non-hydrogen) atoms. The van der Waals surface area contributed by atoms with Gasteiger partial charge in [0.05, 0.1) is 6.10 Å². The van der Waals surface area contributed by atoms with Gasteiger partial charge in [-0.15, -0.1) is 0 Å². The van der Waals surface area contributed by atoms with Gasteiger partial charge < -0.3 is 9.67 Å². The Morgan fingerprint density at radius 1 is 1.40 bits per heavy atom. The minimum absolute atomic E-state index is 0.403. The summed E-state index contributed by atoms with van der Waals surface area (Å²) < 4.78 is 2.22. The Labute approximate surface area is 90.2 Å². The molecule has 0 amide bonds. The van der Waals surface area contributed by atoms with Crippen LogP contribution in [0.1, 0.15) is 31.1 Å². The van der Waals surface area contributed by atoms with Gasteiger partial charge in [0.15, 0.2) is 0 Å². The lowest BCUT2D eigenvalue weighted by Gasteiger charge is -2.08. The third-order valence-corrected chi connectivity index (χ3v) is 2.92. The SMILES string of the molecule is CCn1cc(C)c2c(C(C)O)cccc21. The van der Waals surface area contributed by atoms with E-state index in [1.165, 1.54) is 16.5 Å². The van der Waals surface area contributed by atoms with Crippen molar-refractivity contribution in [3.05, 3.63) is 35.5 Å². The lowest BCUT2D eigenvalue weighted by molar-refractivity contribution is 0.201. The van der Waals surface area contributed by atoms with E-state index in [1.54, 1.807) is 0 Å². The molecule has 1 aromatic carbocycles. The summed E-state index contributed by atoms with van der Waals surface area (Å²) in [6.45, 7) is 7.01. The van der Waals surface area contributed by atoms with E-state index in [2.05, 4.69) is 30.7 Å². The van der Waals surface area contributed by atoms with Crippen LogP contribution < -0.4 is 0 Å². The van der Waals surface area contributed by atoms with Gasteiger partial charge in [0.25, 0.3) is 0 Å². The molecular formula is C13H17NO. The summed E-state index contributed by atoms with van der Waals surface area (Å²) in [6.07, 6.45) is 1.75. The molecule has 2 heteroatoms. The maximum Gasteiger partial charge on any atom is 0.0768 e. The van der Waals surface area contributed by atoms with Crippen molar-refractivity contribution < 1.29 is 5.11 Å². The first kappa shape index (κ1) is 10.2. The molecule has 0 saturated carbocycles. The van der Waals surface area contributed by atoms with Gasteiger partial charge in [0.2, 0.25) is 0 Å². The molecule has 0 aliphatic heterocycles. The highest BCUT2D eigenvalue weighted by atomic mass is 16.3. The van der Waals surface area contributed by atoms with Crippen molar-refractivity contribution in [1.82, 2.24) is 4.57 Å². The Morgan fingerprint density at radius 2 is 2.13 bits per heavy atom. The first-order valence-corrected chi connectivity index (χ1v) is 5.41. The number of nitrogens with zero attached hydrogens (tertiary/aromatic N) is 1. The first-order valence-electron chi connectivity index (χ1n) is 5.41. The van der Waals surface area contributed by atoms with Gasteiger partial charge in [-0.3, -0.25) is 0 Å². The van der Waals surface area contributed by atoms with Crippen molar-refractivity contribution in [2.24, 2.45) is 0 Å². The molecule has 1 heterocycles. The van der Waals surface area contributed by atoms with Crippen molar-refractivity contribution >= 4 is 10.9 Å². The van der Waals surface area contributed by atoms with Crippen LogP contribution >= 0.6 is 0 Å².